The second-order valence-corrected chi connectivity index (χ2v) is 15.3. The number of esters is 1. The molecule has 1 aromatic carbocycles. The van der Waals surface area contributed by atoms with Gasteiger partial charge in [0.25, 0.3) is 6.43 Å². The highest BCUT2D eigenvalue weighted by Gasteiger charge is 2.47. The van der Waals surface area contributed by atoms with Crippen LogP contribution in [0, 0.1) is 23.7 Å². The summed E-state index contributed by atoms with van der Waals surface area (Å²) in [5.74, 6) is -1.43. The highest BCUT2D eigenvalue weighted by molar-refractivity contribution is 6.00. The van der Waals surface area contributed by atoms with Gasteiger partial charge in [-0.1, -0.05) is 32.1 Å². The van der Waals surface area contributed by atoms with Crippen LogP contribution < -0.4 is 10.6 Å². The number of fused-ring (bicyclic) bond motifs is 1. The minimum Gasteiger partial charge on any atom is -0.460 e. The number of alkyl carbamates (subject to hydrolysis) is 1. The zero-order valence-electron chi connectivity index (χ0n) is 30.2. The summed E-state index contributed by atoms with van der Waals surface area (Å²) in [6.45, 7) is 6.16. The monoisotopic (exact) mass is 717 g/mol. The van der Waals surface area contributed by atoms with Crippen molar-refractivity contribution in [2.75, 3.05) is 32.2 Å². The van der Waals surface area contributed by atoms with Crippen molar-refractivity contribution in [3.63, 3.8) is 0 Å². The highest BCUT2D eigenvalue weighted by Crippen LogP contribution is 2.42. The van der Waals surface area contributed by atoms with Crippen molar-refractivity contribution >= 4 is 40.5 Å². The Balaban J connectivity index is 1.26. The Bertz CT molecular complexity index is 1510. The Kier molecular flexibility index (Phi) is 13.0. The van der Waals surface area contributed by atoms with E-state index >= 15 is 0 Å². The number of benzene rings is 1. The van der Waals surface area contributed by atoms with Crippen molar-refractivity contribution in [1.82, 2.24) is 10.2 Å². The van der Waals surface area contributed by atoms with Gasteiger partial charge in [0.2, 0.25) is 17.6 Å². The quantitative estimate of drug-likeness (QED) is 0.172. The molecule has 2 saturated carbocycles. The third-order valence-corrected chi connectivity index (χ3v) is 10.5. The van der Waals surface area contributed by atoms with Crippen LogP contribution in [0.5, 0.6) is 0 Å². The molecular weight excluding hydrogens is 664 g/mol. The number of methoxy groups -OCH3 is 1. The van der Waals surface area contributed by atoms with Crippen molar-refractivity contribution < 1.29 is 46.6 Å². The molecule has 13 heteroatoms. The number of amides is 3. The highest BCUT2D eigenvalue weighted by atomic mass is 19.3. The van der Waals surface area contributed by atoms with Crippen LogP contribution in [0.4, 0.5) is 19.3 Å². The molecule has 11 nitrogen and oxygen atoms in total. The molecule has 2 heterocycles. The molecule has 1 saturated heterocycles. The van der Waals surface area contributed by atoms with Crippen molar-refractivity contribution in [1.29, 1.82) is 0 Å². The van der Waals surface area contributed by atoms with Crippen LogP contribution in [0.2, 0.25) is 0 Å². The third kappa shape index (κ3) is 9.99. The molecule has 0 spiro atoms. The number of carbonyl (C=O) groups is 4. The Morgan fingerprint density at radius 2 is 1.69 bits per heavy atom. The van der Waals surface area contributed by atoms with E-state index in [1.54, 1.807) is 57.0 Å². The number of carbonyl (C=O) groups excluding carboxylic acids is 4. The van der Waals surface area contributed by atoms with Gasteiger partial charge in [0.15, 0.2) is 0 Å². The van der Waals surface area contributed by atoms with Crippen LogP contribution in [0.15, 0.2) is 28.7 Å². The Morgan fingerprint density at radius 3 is 2.35 bits per heavy atom. The van der Waals surface area contributed by atoms with Crippen molar-refractivity contribution in [3.05, 3.63) is 30.0 Å². The third-order valence-electron chi connectivity index (χ3n) is 10.5. The van der Waals surface area contributed by atoms with Gasteiger partial charge in [0.1, 0.15) is 17.2 Å². The van der Waals surface area contributed by atoms with Gasteiger partial charge in [0.05, 0.1) is 12.6 Å². The molecule has 0 unspecified atom stereocenters. The van der Waals surface area contributed by atoms with Gasteiger partial charge < -0.3 is 34.2 Å². The number of likely N-dealkylation sites (tertiary alicyclic amines) is 1. The summed E-state index contributed by atoms with van der Waals surface area (Å²) in [5.41, 5.74) is 0.177. The summed E-state index contributed by atoms with van der Waals surface area (Å²) in [6, 6.07) is 4.69. The van der Waals surface area contributed by atoms with Gasteiger partial charge in [0, 0.05) is 43.7 Å². The van der Waals surface area contributed by atoms with Crippen LogP contribution in [0.3, 0.4) is 0 Å². The molecule has 3 atom stereocenters. The maximum atomic E-state index is 14.2. The lowest BCUT2D eigenvalue weighted by Gasteiger charge is -2.37. The van der Waals surface area contributed by atoms with Crippen LogP contribution in [0.25, 0.3) is 11.0 Å². The van der Waals surface area contributed by atoms with E-state index in [9.17, 15) is 28.0 Å². The van der Waals surface area contributed by atoms with Crippen molar-refractivity contribution in [2.24, 2.45) is 23.7 Å². The van der Waals surface area contributed by atoms with Gasteiger partial charge >= 0.3 is 12.1 Å². The molecule has 0 radical (unpaired) electrons. The van der Waals surface area contributed by atoms with Gasteiger partial charge in [-0.25, -0.2) is 18.4 Å². The summed E-state index contributed by atoms with van der Waals surface area (Å²) in [7, 11) is 1.58. The summed E-state index contributed by atoms with van der Waals surface area (Å²) in [5, 5.41) is 6.04. The first-order chi connectivity index (χ1) is 24.3. The van der Waals surface area contributed by atoms with E-state index in [-0.39, 0.29) is 30.1 Å². The first-order valence-electron chi connectivity index (χ1n) is 18.4. The molecule has 2 aromatic rings. The number of nitrogens with one attached hydrogen (secondary N) is 2. The molecule has 282 valence electrons. The van der Waals surface area contributed by atoms with Gasteiger partial charge in [-0.2, -0.15) is 0 Å². The molecule has 2 aliphatic carbocycles. The average Bonchev–Trinajstić information content (AvgIpc) is 3.73. The molecule has 51 heavy (non-hydrogen) atoms. The van der Waals surface area contributed by atoms with E-state index in [1.165, 1.54) is 6.42 Å². The smallest absolute Gasteiger partial charge is 0.408 e. The normalized spacial score (nSPS) is 23.6. The largest absolute Gasteiger partial charge is 0.460 e. The van der Waals surface area contributed by atoms with E-state index in [1.807, 2.05) is 0 Å². The number of hydrogen-bond acceptors (Lipinski definition) is 8. The van der Waals surface area contributed by atoms with Gasteiger partial charge in [-0.3, -0.25) is 9.59 Å². The molecule has 3 fully saturated rings. The van der Waals surface area contributed by atoms with Crippen LogP contribution in [0.1, 0.15) is 102 Å². The zero-order chi connectivity index (χ0) is 36.7. The Labute approximate surface area is 298 Å². The van der Waals surface area contributed by atoms with Gasteiger partial charge in [-0.05, 0) is 94.9 Å². The second kappa shape index (κ2) is 17.2. The molecule has 2 N–H and O–H groups in total. The van der Waals surface area contributed by atoms with Crippen LogP contribution in [-0.2, 0) is 23.8 Å². The van der Waals surface area contributed by atoms with E-state index in [2.05, 4.69) is 10.6 Å². The fraction of sp³-hybridized carbons (Fsp3) is 0.684. The first kappa shape index (κ1) is 38.5. The summed E-state index contributed by atoms with van der Waals surface area (Å²) < 4.78 is 49.3. The number of nitrogens with zero attached hydrogens (tertiary/aromatic N) is 1. The molecule has 0 bridgehead atoms. The van der Waals surface area contributed by atoms with Crippen molar-refractivity contribution in [3.8, 4) is 0 Å². The fourth-order valence-corrected chi connectivity index (χ4v) is 8.12. The lowest BCUT2D eigenvalue weighted by Crippen LogP contribution is -2.51. The minimum absolute atomic E-state index is 0.0176. The molecule has 5 rings (SSSR count). The number of hydrogen-bond donors (Lipinski definition) is 2. The fourth-order valence-electron chi connectivity index (χ4n) is 8.12. The summed E-state index contributed by atoms with van der Waals surface area (Å²) >= 11 is 0. The number of alkyl halides is 2. The first-order valence-corrected chi connectivity index (χ1v) is 18.4. The lowest BCUT2D eigenvalue weighted by molar-refractivity contribution is -0.142. The molecule has 1 aromatic heterocycles. The Morgan fingerprint density at radius 1 is 0.961 bits per heavy atom. The lowest BCUT2D eigenvalue weighted by atomic mass is 9.76. The zero-order valence-corrected chi connectivity index (χ0v) is 30.2. The van der Waals surface area contributed by atoms with Gasteiger partial charge in [-0.15, -0.1) is 0 Å². The predicted octanol–water partition coefficient (Wildman–Crippen LogP) is 7.33. The second-order valence-electron chi connectivity index (χ2n) is 15.3. The standard InChI is InChI=1S/C38H53F2N3O8/c1-38(2,3)51-37(47)42-31(33(39)40)24-11-13-25(14-12-24)35(45)43-18-17-28(23-9-6-5-7-10-23)32(43)34(44)41-27-15-16-29-26(21-27)22-30(50-29)36(46)49-20-8-19-48-4/h15-16,21-25,28,31-33H,5-14,17-20H2,1-4H3,(H,41,44)(H,42,47)/t24?,25?,28-,31-,32-/m0/s1. The summed E-state index contributed by atoms with van der Waals surface area (Å²) in [6.07, 6.45) is 4.56. The van der Waals surface area contributed by atoms with E-state index in [0.29, 0.717) is 67.8 Å². The predicted molar refractivity (Wildman–Crippen MR) is 186 cm³/mol. The molecule has 3 amide bonds. The van der Waals surface area contributed by atoms with Crippen LogP contribution >= 0.6 is 0 Å². The topological polar surface area (TPSA) is 136 Å². The average molecular weight is 718 g/mol. The number of ether oxygens (including phenoxy) is 3. The van der Waals surface area contributed by atoms with Crippen LogP contribution in [-0.4, -0.2) is 79.8 Å². The molecule has 3 aliphatic rings. The van der Waals surface area contributed by atoms with E-state index < -0.39 is 48.0 Å². The van der Waals surface area contributed by atoms with E-state index in [0.717, 1.165) is 32.1 Å². The van der Waals surface area contributed by atoms with Crippen molar-refractivity contribution in [2.45, 2.75) is 116 Å². The maximum absolute atomic E-state index is 14.2. The number of anilines is 1. The molecular formula is C38H53F2N3O8. The number of furan rings is 1. The maximum Gasteiger partial charge on any atom is 0.408 e. The SMILES string of the molecule is COCCCOC(=O)c1cc2cc(NC(=O)[C@@H]3[C@H](C4CCCCC4)CCN3C(=O)C3CCC([C@H](NC(=O)OC(C)(C)C)C(F)F)CC3)ccc2o1. The number of halogens is 2. The summed E-state index contributed by atoms with van der Waals surface area (Å²) in [4.78, 5) is 54.8. The number of rotatable bonds is 12. The molecule has 1 aliphatic heterocycles. The Hall–Kier alpha value is -3.74. The van der Waals surface area contributed by atoms with E-state index in [4.69, 9.17) is 18.6 Å². The minimum atomic E-state index is -2.77.